The zero-order valence-electron chi connectivity index (χ0n) is 16.4. The van der Waals surface area contributed by atoms with Gasteiger partial charge in [-0.1, -0.05) is 48.5 Å². The van der Waals surface area contributed by atoms with Gasteiger partial charge in [0.25, 0.3) is 0 Å². The molecule has 0 saturated carbocycles. The van der Waals surface area contributed by atoms with Crippen molar-refractivity contribution in [1.82, 2.24) is 9.80 Å². The van der Waals surface area contributed by atoms with E-state index in [0.717, 1.165) is 44.9 Å². The molecule has 1 saturated heterocycles. The fraction of sp³-hybridized carbons (Fsp3) is 0.435. The lowest BCUT2D eigenvalue weighted by Crippen LogP contribution is -2.48. The largest absolute Gasteiger partial charge is 0.491 e. The van der Waals surface area contributed by atoms with Crippen molar-refractivity contribution in [1.29, 1.82) is 0 Å². The number of hydrogen-bond donors (Lipinski definition) is 0. The van der Waals surface area contributed by atoms with Gasteiger partial charge in [-0.25, -0.2) is 0 Å². The number of ether oxygens (including phenoxy) is 1. The molecule has 0 unspecified atom stereocenters. The van der Waals surface area contributed by atoms with Crippen LogP contribution in [0.1, 0.15) is 31.4 Å². The highest BCUT2D eigenvalue weighted by molar-refractivity contribution is 5.76. The molecule has 1 aliphatic heterocycles. The Labute approximate surface area is 162 Å². The maximum atomic E-state index is 12.5. The number of rotatable bonds is 7. The third kappa shape index (κ3) is 5.83. The average molecular weight is 367 g/mol. The quantitative estimate of drug-likeness (QED) is 0.748. The molecule has 0 aliphatic carbocycles. The highest BCUT2D eigenvalue weighted by atomic mass is 16.5. The second-order valence-electron chi connectivity index (χ2n) is 7.42. The Morgan fingerprint density at radius 1 is 0.963 bits per heavy atom. The summed E-state index contributed by atoms with van der Waals surface area (Å²) in [6.07, 6.45) is 1.58. The first-order valence-corrected chi connectivity index (χ1v) is 9.90. The van der Waals surface area contributed by atoms with E-state index < -0.39 is 0 Å². The number of nitrogens with zero attached hydrogens (tertiary/aromatic N) is 2. The van der Waals surface area contributed by atoms with Gasteiger partial charge in [0.2, 0.25) is 5.91 Å². The topological polar surface area (TPSA) is 32.8 Å². The number of para-hydroxylation sites is 1. The summed E-state index contributed by atoms with van der Waals surface area (Å²) in [7, 11) is 0. The molecule has 1 fully saturated rings. The molecule has 4 heteroatoms. The molecule has 0 aromatic heterocycles. The monoisotopic (exact) mass is 366 g/mol. The molecule has 0 N–H and O–H groups in total. The van der Waals surface area contributed by atoms with Crippen LogP contribution in [0.15, 0.2) is 54.6 Å². The predicted octanol–water partition coefficient (Wildman–Crippen LogP) is 3.75. The molecule has 0 radical (unpaired) electrons. The van der Waals surface area contributed by atoms with E-state index in [2.05, 4.69) is 43.0 Å². The lowest BCUT2D eigenvalue weighted by Gasteiger charge is -2.35. The third-order valence-electron chi connectivity index (χ3n) is 4.92. The summed E-state index contributed by atoms with van der Waals surface area (Å²) in [5, 5.41) is 0. The Morgan fingerprint density at radius 3 is 2.33 bits per heavy atom. The van der Waals surface area contributed by atoms with Crippen molar-refractivity contribution in [3.63, 3.8) is 0 Å². The van der Waals surface area contributed by atoms with Crippen molar-refractivity contribution >= 4 is 5.91 Å². The number of benzene rings is 2. The highest BCUT2D eigenvalue weighted by Crippen LogP contribution is 2.22. The molecule has 1 amide bonds. The van der Waals surface area contributed by atoms with Crippen LogP contribution in [0.3, 0.4) is 0 Å². The molecule has 2 aromatic rings. The van der Waals surface area contributed by atoms with E-state index in [1.165, 1.54) is 11.1 Å². The van der Waals surface area contributed by atoms with Crippen LogP contribution in [0, 0.1) is 0 Å². The van der Waals surface area contributed by atoms with Crippen molar-refractivity contribution in [3.8, 4) is 5.75 Å². The van der Waals surface area contributed by atoms with Crippen LogP contribution in [0.2, 0.25) is 0 Å². The minimum atomic E-state index is 0.172. The van der Waals surface area contributed by atoms with E-state index in [1.807, 2.05) is 35.2 Å². The first kappa shape index (κ1) is 19.4. The average Bonchev–Trinajstić information content (AvgIpc) is 2.69. The second kappa shape index (κ2) is 9.56. The summed E-state index contributed by atoms with van der Waals surface area (Å²) in [5.74, 6) is 1.23. The van der Waals surface area contributed by atoms with Gasteiger partial charge in [-0.15, -0.1) is 0 Å². The number of amides is 1. The van der Waals surface area contributed by atoms with Crippen LogP contribution in [0.5, 0.6) is 5.75 Å². The second-order valence-corrected chi connectivity index (χ2v) is 7.42. The van der Waals surface area contributed by atoms with Gasteiger partial charge in [0, 0.05) is 44.7 Å². The Kier molecular flexibility index (Phi) is 6.88. The van der Waals surface area contributed by atoms with Crippen molar-refractivity contribution < 1.29 is 9.53 Å². The number of piperazine rings is 1. The summed E-state index contributed by atoms with van der Waals surface area (Å²) in [4.78, 5) is 16.9. The van der Waals surface area contributed by atoms with E-state index in [9.17, 15) is 4.79 Å². The molecular formula is C23H30N2O2. The van der Waals surface area contributed by atoms with Gasteiger partial charge in [-0.05, 0) is 31.9 Å². The van der Waals surface area contributed by atoms with E-state index in [1.54, 1.807) is 0 Å². The molecule has 27 heavy (non-hydrogen) atoms. The van der Waals surface area contributed by atoms with Crippen molar-refractivity contribution in [2.45, 2.75) is 39.3 Å². The summed E-state index contributed by atoms with van der Waals surface area (Å²) in [5.41, 5.74) is 2.45. The van der Waals surface area contributed by atoms with Crippen LogP contribution in [0.25, 0.3) is 0 Å². The summed E-state index contributed by atoms with van der Waals surface area (Å²) >= 11 is 0. The number of hydrogen-bond acceptors (Lipinski definition) is 3. The summed E-state index contributed by atoms with van der Waals surface area (Å²) in [6.45, 7) is 8.41. The normalized spacial score (nSPS) is 15.1. The first-order chi connectivity index (χ1) is 13.1. The molecule has 0 bridgehead atoms. The van der Waals surface area contributed by atoms with Gasteiger partial charge in [0.1, 0.15) is 5.75 Å². The predicted molar refractivity (Wildman–Crippen MR) is 109 cm³/mol. The van der Waals surface area contributed by atoms with E-state index in [4.69, 9.17) is 4.74 Å². The molecule has 0 spiro atoms. The van der Waals surface area contributed by atoms with Crippen molar-refractivity contribution in [2.75, 3.05) is 26.2 Å². The number of aryl methyl sites for hydroxylation is 1. The van der Waals surface area contributed by atoms with Crippen LogP contribution in [-0.4, -0.2) is 48.0 Å². The van der Waals surface area contributed by atoms with E-state index >= 15 is 0 Å². The summed E-state index contributed by atoms with van der Waals surface area (Å²) < 4.78 is 5.93. The van der Waals surface area contributed by atoms with Crippen LogP contribution >= 0.6 is 0 Å². The van der Waals surface area contributed by atoms with Gasteiger partial charge in [0.15, 0.2) is 0 Å². The molecule has 4 nitrogen and oxygen atoms in total. The standard InChI is InChI=1S/C23H30N2O2/c1-19(2)27-22-11-7-6-10-21(22)18-24-14-16-25(17-15-24)23(26)13-12-20-8-4-3-5-9-20/h3-11,19H,12-18H2,1-2H3. The minimum absolute atomic E-state index is 0.172. The lowest BCUT2D eigenvalue weighted by atomic mass is 10.1. The molecule has 0 atom stereocenters. The lowest BCUT2D eigenvalue weighted by molar-refractivity contribution is -0.133. The Bertz CT molecular complexity index is 722. The minimum Gasteiger partial charge on any atom is -0.491 e. The van der Waals surface area contributed by atoms with Crippen LogP contribution < -0.4 is 4.74 Å². The highest BCUT2D eigenvalue weighted by Gasteiger charge is 2.21. The smallest absolute Gasteiger partial charge is 0.222 e. The van der Waals surface area contributed by atoms with Gasteiger partial charge >= 0.3 is 0 Å². The molecule has 1 heterocycles. The fourth-order valence-corrected chi connectivity index (χ4v) is 3.45. The van der Waals surface area contributed by atoms with Crippen molar-refractivity contribution in [2.24, 2.45) is 0 Å². The Balaban J connectivity index is 1.47. The number of carbonyl (C=O) groups excluding carboxylic acids is 1. The number of carbonyl (C=O) groups is 1. The van der Waals surface area contributed by atoms with Gasteiger partial charge < -0.3 is 9.64 Å². The van der Waals surface area contributed by atoms with E-state index in [0.29, 0.717) is 6.42 Å². The van der Waals surface area contributed by atoms with Crippen LogP contribution in [-0.2, 0) is 17.8 Å². The zero-order valence-corrected chi connectivity index (χ0v) is 16.4. The van der Waals surface area contributed by atoms with Crippen LogP contribution in [0.4, 0.5) is 0 Å². The molecule has 3 rings (SSSR count). The molecule has 1 aliphatic rings. The maximum absolute atomic E-state index is 12.5. The van der Waals surface area contributed by atoms with E-state index in [-0.39, 0.29) is 12.0 Å². The van der Waals surface area contributed by atoms with Crippen molar-refractivity contribution in [3.05, 3.63) is 65.7 Å². The maximum Gasteiger partial charge on any atom is 0.222 e. The molecule has 2 aromatic carbocycles. The SMILES string of the molecule is CC(C)Oc1ccccc1CN1CCN(C(=O)CCc2ccccc2)CC1. The summed E-state index contributed by atoms with van der Waals surface area (Å²) in [6, 6.07) is 18.5. The third-order valence-corrected chi connectivity index (χ3v) is 4.92. The van der Waals surface area contributed by atoms with Gasteiger partial charge in [0.05, 0.1) is 6.10 Å². The first-order valence-electron chi connectivity index (χ1n) is 9.90. The Morgan fingerprint density at radius 2 is 1.63 bits per heavy atom. The van der Waals surface area contributed by atoms with Gasteiger partial charge in [-0.3, -0.25) is 9.69 Å². The fourth-order valence-electron chi connectivity index (χ4n) is 3.45. The van der Waals surface area contributed by atoms with Gasteiger partial charge in [-0.2, -0.15) is 0 Å². The molecular weight excluding hydrogens is 336 g/mol. The Hall–Kier alpha value is -2.33. The molecule has 144 valence electrons. The zero-order chi connectivity index (χ0) is 19.1.